The molecule has 0 spiro atoms. The number of hydrogen-bond donors (Lipinski definition) is 2. The monoisotopic (exact) mass is 492 g/mol. The number of nitrogens with two attached hydrogens (primary N) is 2. The van der Waals surface area contributed by atoms with E-state index in [1.807, 2.05) is 12.1 Å². The van der Waals surface area contributed by atoms with Gasteiger partial charge in [-0.05, 0) is 80.0 Å². The Morgan fingerprint density at radius 1 is 1.00 bits per heavy atom. The molecule has 0 aliphatic heterocycles. The fourth-order valence-corrected chi connectivity index (χ4v) is 4.10. The van der Waals surface area contributed by atoms with Crippen LogP contribution >= 0.6 is 0 Å². The second-order valence-electron chi connectivity index (χ2n) is 8.97. The zero-order valence-corrected chi connectivity index (χ0v) is 20.7. The fourth-order valence-electron chi connectivity index (χ4n) is 4.10. The standard InChI is InChI=1S/C29H36N2O5/c1-2-3-4-18-34-25-14-9-23(10-15-25)29(33)36-26-12-5-21(6-13-26)7-16-28(32)35-19-17-22-8-11-24(30)20-27(22)31/h2,5-8,11-13,16,20,23,25H,1,3-4,9-10,14-15,17-19,30-31H2. The van der Waals surface area contributed by atoms with E-state index in [4.69, 9.17) is 25.7 Å². The quantitative estimate of drug-likeness (QED) is 0.106. The Balaban J connectivity index is 1.37. The average molecular weight is 493 g/mol. The molecule has 0 heterocycles. The lowest BCUT2D eigenvalue weighted by Crippen LogP contribution is -2.29. The van der Waals surface area contributed by atoms with Crippen molar-refractivity contribution in [2.45, 2.75) is 51.0 Å². The van der Waals surface area contributed by atoms with Crippen LogP contribution in [-0.4, -0.2) is 31.3 Å². The molecule has 0 aromatic heterocycles. The van der Waals surface area contributed by atoms with Gasteiger partial charge in [0, 0.05) is 30.5 Å². The molecule has 1 aliphatic rings. The third-order valence-corrected chi connectivity index (χ3v) is 6.21. The summed E-state index contributed by atoms with van der Waals surface area (Å²) in [5, 5.41) is 0. The van der Waals surface area contributed by atoms with E-state index in [0.717, 1.165) is 56.3 Å². The minimum Gasteiger partial charge on any atom is -0.462 e. The topological polar surface area (TPSA) is 114 Å². The van der Waals surface area contributed by atoms with Gasteiger partial charge in [-0.25, -0.2) is 4.79 Å². The van der Waals surface area contributed by atoms with Crippen LogP contribution < -0.4 is 16.2 Å². The molecule has 0 unspecified atom stereocenters. The van der Waals surface area contributed by atoms with E-state index in [1.165, 1.54) is 6.08 Å². The van der Waals surface area contributed by atoms with Gasteiger partial charge in [0.25, 0.3) is 0 Å². The van der Waals surface area contributed by atoms with Gasteiger partial charge >= 0.3 is 11.9 Å². The summed E-state index contributed by atoms with van der Waals surface area (Å²) in [6.07, 6.45) is 10.9. The minimum atomic E-state index is -0.445. The second kappa shape index (κ2) is 14.1. The van der Waals surface area contributed by atoms with Gasteiger partial charge < -0.3 is 25.7 Å². The molecule has 2 aromatic carbocycles. The number of anilines is 2. The molecular weight excluding hydrogens is 456 g/mol. The van der Waals surface area contributed by atoms with Crippen molar-refractivity contribution in [3.63, 3.8) is 0 Å². The van der Waals surface area contributed by atoms with Crippen LogP contribution in [0.3, 0.4) is 0 Å². The number of ether oxygens (including phenoxy) is 3. The summed E-state index contributed by atoms with van der Waals surface area (Å²) in [4.78, 5) is 24.6. The van der Waals surface area contributed by atoms with Crippen molar-refractivity contribution in [1.29, 1.82) is 0 Å². The third-order valence-electron chi connectivity index (χ3n) is 6.21. The van der Waals surface area contributed by atoms with E-state index in [2.05, 4.69) is 6.58 Å². The normalized spacial score (nSPS) is 17.6. The Kier molecular flexibility index (Phi) is 10.6. The van der Waals surface area contributed by atoms with Gasteiger partial charge in [0.1, 0.15) is 5.75 Å². The highest BCUT2D eigenvalue weighted by Crippen LogP contribution is 2.28. The third kappa shape index (κ3) is 8.89. The molecular formula is C29H36N2O5. The lowest BCUT2D eigenvalue weighted by Gasteiger charge is -2.27. The molecule has 1 saturated carbocycles. The van der Waals surface area contributed by atoms with Gasteiger partial charge in [-0.3, -0.25) is 4.79 Å². The van der Waals surface area contributed by atoms with E-state index in [0.29, 0.717) is 23.5 Å². The van der Waals surface area contributed by atoms with Crippen molar-refractivity contribution in [2.75, 3.05) is 24.7 Å². The van der Waals surface area contributed by atoms with Crippen LogP contribution in [0.1, 0.15) is 49.7 Å². The van der Waals surface area contributed by atoms with E-state index in [1.54, 1.807) is 42.5 Å². The Labute approximate surface area is 213 Å². The van der Waals surface area contributed by atoms with Gasteiger partial charge in [0.05, 0.1) is 18.6 Å². The van der Waals surface area contributed by atoms with Crippen molar-refractivity contribution >= 4 is 29.4 Å². The Bertz CT molecular complexity index is 1040. The first-order chi connectivity index (χ1) is 17.4. The molecule has 0 amide bonds. The molecule has 7 heteroatoms. The number of rotatable bonds is 12. The van der Waals surface area contributed by atoms with Gasteiger partial charge in [0.2, 0.25) is 0 Å². The number of hydrogen-bond acceptors (Lipinski definition) is 7. The van der Waals surface area contributed by atoms with Crippen molar-refractivity contribution < 1.29 is 23.8 Å². The number of esters is 2. The van der Waals surface area contributed by atoms with Gasteiger partial charge in [-0.1, -0.05) is 24.3 Å². The fraction of sp³-hybridized carbons (Fsp3) is 0.379. The number of carbonyl (C=O) groups excluding carboxylic acids is 2. The van der Waals surface area contributed by atoms with Gasteiger partial charge in [0.15, 0.2) is 0 Å². The maximum absolute atomic E-state index is 12.6. The summed E-state index contributed by atoms with van der Waals surface area (Å²) in [5.74, 6) is -0.256. The molecule has 0 radical (unpaired) electrons. The van der Waals surface area contributed by atoms with Crippen LogP contribution in [0.2, 0.25) is 0 Å². The maximum atomic E-state index is 12.6. The predicted octanol–water partition coefficient (Wildman–Crippen LogP) is 5.10. The van der Waals surface area contributed by atoms with Gasteiger partial charge in [-0.15, -0.1) is 6.58 Å². The lowest BCUT2D eigenvalue weighted by atomic mass is 9.87. The molecule has 4 N–H and O–H groups in total. The van der Waals surface area contributed by atoms with Crippen LogP contribution in [0.15, 0.2) is 61.2 Å². The highest BCUT2D eigenvalue weighted by Gasteiger charge is 2.28. The highest BCUT2D eigenvalue weighted by atomic mass is 16.5. The molecule has 1 aliphatic carbocycles. The maximum Gasteiger partial charge on any atom is 0.330 e. The summed E-state index contributed by atoms with van der Waals surface area (Å²) in [6, 6.07) is 12.3. The summed E-state index contributed by atoms with van der Waals surface area (Å²) in [5.41, 5.74) is 14.5. The molecule has 7 nitrogen and oxygen atoms in total. The van der Waals surface area contributed by atoms with E-state index in [9.17, 15) is 9.59 Å². The molecule has 3 rings (SSSR count). The lowest BCUT2D eigenvalue weighted by molar-refractivity contribution is -0.141. The minimum absolute atomic E-state index is 0.101. The smallest absolute Gasteiger partial charge is 0.330 e. The molecule has 192 valence electrons. The SMILES string of the molecule is C=CCCCOC1CCC(C(=O)Oc2ccc(C=CC(=O)OCCc3ccc(N)cc3N)cc2)CC1. The summed E-state index contributed by atoms with van der Waals surface area (Å²) >= 11 is 0. The molecule has 2 aromatic rings. The summed E-state index contributed by atoms with van der Waals surface area (Å²) < 4.78 is 16.7. The predicted molar refractivity (Wildman–Crippen MR) is 142 cm³/mol. The Morgan fingerprint density at radius 2 is 1.75 bits per heavy atom. The first kappa shape index (κ1) is 27.0. The number of unbranched alkanes of at least 4 members (excludes halogenated alkanes) is 1. The first-order valence-electron chi connectivity index (χ1n) is 12.5. The average Bonchev–Trinajstić information content (AvgIpc) is 2.88. The molecule has 1 fully saturated rings. The van der Waals surface area contributed by atoms with Crippen molar-refractivity contribution in [2.24, 2.45) is 5.92 Å². The largest absolute Gasteiger partial charge is 0.462 e. The van der Waals surface area contributed by atoms with Crippen LogP contribution in [0.5, 0.6) is 5.75 Å². The van der Waals surface area contributed by atoms with Gasteiger partial charge in [-0.2, -0.15) is 0 Å². The van der Waals surface area contributed by atoms with Crippen molar-refractivity contribution in [1.82, 2.24) is 0 Å². The van der Waals surface area contributed by atoms with E-state index in [-0.39, 0.29) is 24.6 Å². The van der Waals surface area contributed by atoms with E-state index >= 15 is 0 Å². The highest BCUT2D eigenvalue weighted by molar-refractivity contribution is 5.87. The summed E-state index contributed by atoms with van der Waals surface area (Å²) in [6.45, 7) is 4.67. The second-order valence-corrected chi connectivity index (χ2v) is 8.97. The van der Waals surface area contributed by atoms with Crippen LogP contribution in [-0.2, 0) is 25.5 Å². The Morgan fingerprint density at radius 3 is 2.44 bits per heavy atom. The van der Waals surface area contributed by atoms with Crippen molar-refractivity contribution in [3.05, 3.63) is 72.3 Å². The first-order valence-corrected chi connectivity index (χ1v) is 12.5. The molecule has 36 heavy (non-hydrogen) atoms. The summed E-state index contributed by atoms with van der Waals surface area (Å²) in [7, 11) is 0. The number of nitrogen functional groups attached to an aromatic ring is 2. The number of benzene rings is 2. The molecule has 0 bridgehead atoms. The number of allylic oxidation sites excluding steroid dienone is 1. The van der Waals surface area contributed by atoms with Crippen molar-refractivity contribution in [3.8, 4) is 5.75 Å². The van der Waals surface area contributed by atoms with E-state index < -0.39 is 5.97 Å². The zero-order chi connectivity index (χ0) is 25.8. The molecule has 0 saturated heterocycles. The number of carbonyl (C=O) groups is 2. The zero-order valence-electron chi connectivity index (χ0n) is 20.7. The Hall–Kier alpha value is -3.58. The van der Waals surface area contributed by atoms with Crippen LogP contribution in [0, 0.1) is 5.92 Å². The van der Waals surface area contributed by atoms with Crippen LogP contribution in [0.25, 0.3) is 6.08 Å². The molecule has 0 atom stereocenters. The van der Waals surface area contributed by atoms with Crippen LogP contribution in [0.4, 0.5) is 11.4 Å².